The second kappa shape index (κ2) is 7.68. The average Bonchev–Trinajstić information content (AvgIpc) is 3.53. The Labute approximate surface area is 174 Å². The molecule has 8 heteroatoms. The molecule has 8 nitrogen and oxygen atoms in total. The Bertz CT molecular complexity index is 1080. The van der Waals surface area contributed by atoms with Crippen LogP contribution in [-0.2, 0) is 24.6 Å². The number of nitrogens with zero attached hydrogens (tertiary/aromatic N) is 4. The number of aryl methyl sites for hydroxylation is 3. The van der Waals surface area contributed by atoms with Gasteiger partial charge in [-0.15, -0.1) is 0 Å². The van der Waals surface area contributed by atoms with Crippen molar-refractivity contribution in [2.45, 2.75) is 44.6 Å². The Morgan fingerprint density at radius 1 is 1.33 bits per heavy atom. The van der Waals surface area contributed by atoms with Crippen LogP contribution in [0.3, 0.4) is 0 Å². The van der Waals surface area contributed by atoms with Crippen LogP contribution in [-0.4, -0.2) is 39.0 Å². The number of carbonyl (C=O) groups excluding carboxylic acids is 1. The van der Waals surface area contributed by atoms with Crippen LogP contribution in [0.15, 0.2) is 28.9 Å². The molecule has 3 aromatic rings. The SMILES string of the molecule is CCc1nc(-c2ccc3c(c2)CC[C@H]3NC(=O)c2cn(C)nc2C2CCOC2)no1. The minimum absolute atomic E-state index is 0.00842. The molecular weight excluding hydrogens is 382 g/mol. The average molecular weight is 407 g/mol. The number of hydrogen-bond donors (Lipinski definition) is 1. The van der Waals surface area contributed by atoms with E-state index < -0.39 is 0 Å². The van der Waals surface area contributed by atoms with Crippen LogP contribution in [0.2, 0.25) is 0 Å². The number of rotatable bonds is 5. The van der Waals surface area contributed by atoms with E-state index in [1.807, 2.05) is 26.2 Å². The maximum atomic E-state index is 13.1. The standard InChI is InChI=1S/C22H25N5O3/c1-3-19-24-21(26-30-19)14-4-6-16-13(10-14)5-7-18(16)23-22(28)17-11-27(2)25-20(17)15-8-9-29-12-15/h4,6,10-11,15,18H,3,5,7-9,12H2,1-2H3,(H,23,28)/t15?,18-/m1/s1. The highest BCUT2D eigenvalue weighted by Gasteiger charge is 2.30. The van der Waals surface area contributed by atoms with Gasteiger partial charge in [-0.05, 0) is 36.5 Å². The summed E-state index contributed by atoms with van der Waals surface area (Å²) in [6.07, 6.45) is 5.21. The van der Waals surface area contributed by atoms with Crippen molar-refractivity contribution in [3.05, 3.63) is 52.7 Å². The van der Waals surface area contributed by atoms with Gasteiger partial charge in [-0.1, -0.05) is 24.2 Å². The van der Waals surface area contributed by atoms with Crippen molar-refractivity contribution in [2.24, 2.45) is 7.05 Å². The molecule has 0 bridgehead atoms. The molecule has 1 aromatic carbocycles. The third-order valence-corrected chi connectivity index (χ3v) is 5.97. The Balaban J connectivity index is 1.35. The Kier molecular flexibility index (Phi) is 4.86. The van der Waals surface area contributed by atoms with Crippen molar-refractivity contribution in [2.75, 3.05) is 13.2 Å². The van der Waals surface area contributed by atoms with E-state index in [1.165, 1.54) is 5.56 Å². The van der Waals surface area contributed by atoms with E-state index in [2.05, 4.69) is 32.7 Å². The van der Waals surface area contributed by atoms with E-state index in [0.29, 0.717) is 23.9 Å². The molecule has 2 aromatic heterocycles. The molecule has 3 heterocycles. The van der Waals surface area contributed by atoms with Gasteiger partial charge in [0.25, 0.3) is 5.91 Å². The first-order chi connectivity index (χ1) is 14.6. The lowest BCUT2D eigenvalue weighted by molar-refractivity contribution is 0.0935. The Morgan fingerprint density at radius 3 is 3.00 bits per heavy atom. The summed E-state index contributed by atoms with van der Waals surface area (Å²) in [4.78, 5) is 17.5. The van der Waals surface area contributed by atoms with E-state index in [9.17, 15) is 4.79 Å². The molecule has 1 aliphatic heterocycles. The van der Waals surface area contributed by atoms with Crippen LogP contribution in [0.1, 0.15) is 64.8 Å². The highest BCUT2D eigenvalue weighted by Crippen LogP contribution is 2.34. The summed E-state index contributed by atoms with van der Waals surface area (Å²) in [5, 5.41) is 11.8. The fourth-order valence-electron chi connectivity index (χ4n) is 4.39. The van der Waals surface area contributed by atoms with Gasteiger partial charge in [0.05, 0.1) is 23.9 Å². The minimum atomic E-state index is -0.0716. The van der Waals surface area contributed by atoms with Gasteiger partial charge in [0, 0.05) is 37.8 Å². The van der Waals surface area contributed by atoms with E-state index in [4.69, 9.17) is 9.26 Å². The first kappa shape index (κ1) is 19.0. The van der Waals surface area contributed by atoms with Gasteiger partial charge < -0.3 is 14.6 Å². The number of ether oxygens (including phenoxy) is 1. The molecule has 1 amide bonds. The van der Waals surface area contributed by atoms with Crippen LogP contribution in [0, 0.1) is 0 Å². The monoisotopic (exact) mass is 407 g/mol. The molecule has 30 heavy (non-hydrogen) atoms. The van der Waals surface area contributed by atoms with Crippen molar-refractivity contribution in [3.63, 3.8) is 0 Å². The van der Waals surface area contributed by atoms with E-state index in [0.717, 1.165) is 49.1 Å². The molecule has 1 saturated heterocycles. The maximum Gasteiger partial charge on any atom is 0.255 e. The normalized spacial score (nSPS) is 20.5. The first-order valence-electron chi connectivity index (χ1n) is 10.5. The smallest absolute Gasteiger partial charge is 0.255 e. The predicted octanol–water partition coefficient (Wildman–Crippen LogP) is 2.95. The van der Waals surface area contributed by atoms with Crippen molar-refractivity contribution < 1.29 is 14.1 Å². The summed E-state index contributed by atoms with van der Waals surface area (Å²) < 4.78 is 12.4. The molecule has 156 valence electrons. The van der Waals surface area contributed by atoms with E-state index >= 15 is 0 Å². The van der Waals surface area contributed by atoms with Crippen molar-refractivity contribution in [1.29, 1.82) is 0 Å². The van der Waals surface area contributed by atoms with E-state index in [-0.39, 0.29) is 17.9 Å². The number of hydrogen-bond acceptors (Lipinski definition) is 6. The van der Waals surface area contributed by atoms with Crippen LogP contribution >= 0.6 is 0 Å². The molecule has 1 fully saturated rings. The van der Waals surface area contributed by atoms with Crippen LogP contribution in [0.5, 0.6) is 0 Å². The van der Waals surface area contributed by atoms with Gasteiger partial charge in [0.1, 0.15) is 0 Å². The van der Waals surface area contributed by atoms with Gasteiger partial charge in [-0.3, -0.25) is 9.48 Å². The zero-order valence-electron chi connectivity index (χ0n) is 17.2. The second-order valence-electron chi connectivity index (χ2n) is 8.01. The molecular formula is C22H25N5O3. The van der Waals surface area contributed by atoms with Crippen molar-refractivity contribution >= 4 is 5.91 Å². The van der Waals surface area contributed by atoms with Crippen molar-refractivity contribution in [1.82, 2.24) is 25.2 Å². The molecule has 0 spiro atoms. The summed E-state index contributed by atoms with van der Waals surface area (Å²) in [5.74, 6) is 1.36. The van der Waals surface area contributed by atoms with Gasteiger partial charge in [-0.25, -0.2) is 0 Å². The highest BCUT2D eigenvalue weighted by molar-refractivity contribution is 5.95. The number of benzene rings is 1. The second-order valence-corrected chi connectivity index (χ2v) is 8.01. The van der Waals surface area contributed by atoms with Crippen molar-refractivity contribution in [3.8, 4) is 11.4 Å². The Hall–Kier alpha value is -3.00. The van der Waals surface area contributed by atoms with Gasteiger partial charge in [0.15, 0.2) is 0 Å². The fourth-order valence-corrected chi connectivity index (χ4v) is 4.39. The topological polar surface area (TPSA) is 95.1 Å². The highest BCUT2D eigenvalue weighted by atomic mass is 16.5. The number of fused-ring (bicyclic) bond motifs is 1. The molecule has 1 N–H and O–H groups in total. The lowest BCUT2D eigenvalue weighted by Crippen LogP contribution is -2.28. The van der Waals surface area contributed by atoms with Crippen LogP contribution < -0.4 is 5.32 Å². The van der Waals surface area contributed by atoms with Gasteiger partial charge >= 0.3 is 0 Å². The fraction of sp³-hybridized carbons (Fsp3) is 0.455. The number of carbonyl (C=O) groups is 1. The molecule has 1 unspecified atom stereocenters. The van der Waals surface area contributed by atoms with E-state index in [1.54, 1.807) is 4.68 Å². The molecule has 0 radical (unpaired) electrons. The lowest BCUT2D eigenvalue weighted by Gasteiger charge is -2.15. The molecule has 0 saturated carbocycles. The van der Waals surface area contributed by atoms with Gasteiger partial charge in [-0.2, -0.15) is 10.1 Å². The third kappa shape index (κ3) is 3.41. The summed E-state index contributed by atoms with van der Waals surface area (Å²) in [5.41, 5.74) is 4.80. The van der Waals surface area contributed by atoms with Crippen LogP contribution in [0.25, 0.3) is 11.4 Å². The van der Waals surface area contributed by atoms with Gasteiger partial charge in [0.2, 0.25) is 11.7 Å². The quantitative estimate of drug-likeness (QED) is 0.699. The number of aromatic nitrogens is 4. The first-order valence-corrected chi connectivity index (χ1v) is 10.5. The zero-order chi connectivity index (χ0) is 20.7. The summed E-state index contributed by atoms with van der Waals surface area (Å²) in [7, 11) is 1.85. The summed E-state index contributed by atoms with van der Waals surface area (Å²) >= 11 is 0. The lowest BCUT2D eigenvalue weighted by atomic mass is 10.0. The Morgan fingerprint density at radius 2 is 2.23 bits per heavy atom. The molecule has 5 rings (SSSR count). The molecule has 1 aliphatic carbocycles. The number of amides is 1. The third-order valence-electron chi connectivity index (χ3n) is 5.97. The summed E-state index contributed by atoms with van der Waals surface area (Å²) in [6.45, 7) is 3.34. The zero-order valence-corrected chi connectivity index (χ0v) is 17.2. The number of nitrogens with one attached hydrogen (secondary N) is 1. The summed E-state index contributed by atoms with van der Waals surface area (Å²) in [6, 6.07) is 6.17. The predicted molar refractivity (Wildman–Crippen MR) is 109 cm³/mol. The largest absolute Gasteiger partial charge is 0.381 e. The van der Waals surface area contributed by atoms with Crippen LogP contribution in [0.4, 0.5) is 0 Å². The maximum absolute atomic E-state index is 13.1. The molecule has 2 atom stereocenters. The molecule has 2 aliphatic rings. The minimum Gasteiger partial charge on any atom is -0.381 e.